The second-order valence-electron chi connectivity index (χ2n) is 3.41. The number of alkyl halides is 1. The molecule has 0 heterocycles. The van der Waals surface area contributed by atoms with Crippen LogP contribution in [0, 0.1) is 0 Å². The summed E-state index contributed by atoms with van der Waals surface area (Å²) in [5.41, 5.74) is 1.29. The lowest BCUT2D eigenvalue weighted by Gasteiger charge is -2.13. The van der Waals surface area contributed by atoms with Crippen LogP contribution >= 0.6 is 22.6 Å². The number of benzene rings is 1. The van der Waals surface area contributed by atoms with Gasteiger partial charge in [-0.3, -0.25) is 4.79 Å². The molecule has 0 aliphatic rings. The summed E-state index contributed by atoms with van der Waals surface area (Å²) >= 11 is 2.25. The van der Waals surface area contributed by atoms with E-state index < -0.39 is 0 Å². The Morgan fingerprint density at radius 1 is 1.40 bits per heavy atom. The van der Waals surface area contributed by atoms with E-state index in [2.05, 4.69) is 34.7 Å². The number of halogens is 1. The van der Waals surface area contributed by atoms with E-state index in [1.807, 2.05) is 18.2 Å². The molecule has 0 bridgehead atoms. The molecule has 3 heteroatoms. The second kappa shape index (κ2) is 6.82. The number of rotatable bonds is 5. The molecule has 0 aromatic heterocycles. The van der Waals surface area contributed by atoms with Crippen molar-refractivity contribution in [2.75, 3.05) is 4.43 Å². The Hall–Kier alpha value is -0.580. The van der Waals surface area contributed by atoms with E-state index in [0.717, 1.165) is 17.3 Å². The van der Waals surface area contributed by atoms with E-state index in [-0.39, 0.29) is 12.1 Å². The fourth-order valence-corrected chi connectivity index (χ4v) is 1.99. The van der Waals surface area contributed by atoms with Crippen LogP contribution < -0.4 is 0 Å². The molecule has 82 valence electrons. The van der Waals surface area contributed by atoms with Crippen molar-refractivity contribution in [1.29, 1.82) is 0 Å². The highest BCUT2D eigenvalue weighted by Crippen LogP contribution is 2.09. The lowest BCUT2D eigenvalue weighted by Crippen LogP contribution is -2.18. The molecule has 15 heavy (non-hydrogen) atoms. The summed E-state index contributed by atoms with van der Waals surface area (Å²) in [6.07, 6.45) is 1.90. The van der Waals surface area contributed by atoms with Crippen molar-refractivity contribution in [2.24, 2.45) is 0 Å². The van der Waals surface area contributed by atoms with Gasteiger partial charge >= 0.3 is 5.97 Å². The average molecular weight is 318 g/mol. The third kappa shape index (κ3) is 5.16. The fraction of sp³-hybridized carbons (Fsp3) is 0.417. The van der Waals surface area contributed by atoms with Gasteiger partial charge in [0.2, 0.25) is 0 Å². The van der Waals surface area contributed by atoms with Crippen LogP contribution in [0.2, 0.25) is 0 Å². The van der Waals surface area contributed by atoms with Crippen molar-refractivity contribution in [3.05, 3.63) is 35.9 Å². The summed E-state index contributed by atoms with van der Waals surface area (Å²) in [5, 5.41) is 0. The van der Waals surface area contributed by atoms with Gasteiger partial charge in [-0.1, -0.05) is 52.9 Å². The predicted octanol–water partition coefficient (Wildman–Crippen LogP) is 2.99. The first-order valence-corrected chi connectivity index (χ1v) is 6.52. The Labute approximate surface area is 104 Å². The van der Waals surface area contributed by atoms with Crippen LogP contribution in [0.3, 0.4) is 0 Å². The van der Waals surface area contributed by atoms with Crippen molar-refractivity contribution >= 4 is 28.6 Å². The van der Waals surface area contributed by atoms with E-state index in [4.69, 9.17) is 4.74 Å². The van der Waals surface area contributed by atoms with Crippen molar-refractivity contribution < 1.29 is 9.53 Å². The zero-order valence-electron chi connectivity index (χ0n) is 8.78. The molecule has 1 unspecified atom stereocenters. The largest absolute Gasteiger partial charge is 0.462 e. The fourth-order valence-electron chi connectivity index (χ4n) is 1.37. The van der Waals surface area contributed by atoms with Crippen LogP contribution in [-0.2, 0) is 16.0 Å². The number of carbonyl (C=O) groups excluding carboxylic acids is 1. The van der Waals surface area contributed by atoms with Gasteiger partial charge in [0.05, 0.1) is 0 Å². The second-order valence-corrected chi connectivity index (χ2v) is 4.29. The monoisotopic (exact) mass is 318 g/mol. The molecular weight excluding hydrogens is 303 g/mol. The zero-order valence-corrected chi connectivity index (χ0v) is 10.9. The maximum absolute atomic E-state index is 10.8. The summed E-state index contributed by atoms with van der Waals surface area (Å²) < 4.78 is 6.03. The van der Waals surface area contributed by atoms with Gasteiger partial charge in [-0.15, -0.1) is 0 Å². The van der Waals surface area contributed by atoms with E-state index >= 15 is 0 Å². The first kappa shape index (κ1) is 12.5. The molecule has 0 N–H and O–H groups in total. The van der Waals surface area contributed by atoms with Crippen LogP contribution in [0.25, 0.3) is 0 Å². The van der Waals surface area contributed by atoms with E-state index in [9.17, 15) is 4.79 Å². The van der Waals surface area contributed by atoms with Gasteiger partial charge < -0.3 is 4.74 Å². The molecule has 0 radical (unpaired) electrons. The van der Waals surface area contributed by atoms with Crippen molar-refractivity contribution in [1.82, 2.24) is 0 Å². The highest BCUT2D eigenvalue weighted by molar-refractivity contribution is 14.1. The quantitative estimate of drug-likeness (QED) is 0.474. The summed E-state index contributed by atoms with van der Waals surface area (Å²) in [7, 11) is 0. The van der Waals surface area contributed by atoms with Crippen LogP contribution in [0.15, 0.2) is 30.3 Å². The maximum atomic E-state index is 10.8. The molecule has 2 nitrogen and oxygen atoms in total. The van der Waals surface area contributed by atoms with Gasteiger partial charge in [-0.2, -0.15) is 0 Å². The number of esters is 1. The van der Waals surface area contributed by atoms with Crippen LogP contribution in [0.1, 0.15) is 18.9 Å². The minimum absolute atomic E-state index is 0.0447. The summed E-state index contributed by atoms with van der Waals surface area (Å²) in [6.45, 7) is 1.46. The minimum Gasteiger partial charge on any atom is -0.462 e. The third-order valence-electron chi connectivity index (χ3n) is 2.10. The van der Waals surface area contributed by atoms with Gasteiger partial charge in [0.15, 0.2) is 0 Å². The first-order chi connectivity index (χ1) is 7.22. The van der Waals surface area contributed by atoms with Gasteiger partial charge in [0, 0.05) is 11.4 Å². The van der Waals surface area contributed by atoms with Crippen molar-refractivity contribution in [3.8, 4) is 0 Å². The normalized spacial score (nSPS) is 12.1. The predicted molar refractivity (Wildman–Crippen MR) is 69.2 cm³/mol. The molecule has 0 saturated heterocycles. The molecular formula is C12H15IO2. The Bertz CT molecular complexity index is 298. The molecule has 1 atom stereocenters. The minimum atomic E-state index is -0.190. The number of ether oxygens (including phenoxy) is 1. The summed E-state index contributed by atoms with van der Waals surface area (Å²) in [4.78, 5) is 10.8. The lowest BCUT2D eigenvalue weighted by molar-refractivity contribution is -0.145. The Morgan fingerprint density at radius 3 is 2.60 bits per heavy atom. The van der Waals surface area contributed by atoms with E-state index in [1.54, 1.807) is 0 Å². The van der Waals surface area contributed by atoms with Crippen molar-refractivity contribution in [2.45, 2.75) is 25.9 Å². The van der Waals surface area contributed by atoms with Crippen LogP contribution in [-0.4, -0.2) is 16.5 Å². The average Bonchev–Trinajstić information content (AvgIpc) is 2.25. The highest BCUT2D eigenvalue weighted by atomic mass is 127. The SMILES string of the molecule is CC(=O)OC(CI)CCc1ccccc1. The molecule has 0 aliphatic heterocycles. The summed E-state index contributed by atoms with van der Waals surface area (Å²) in [6, 6.07) is 10.3. The first-order valence-electron chi connectivity index (χ1n) is 4.99. The zero-order chi connectivity index (χ0) is 11.1. The molecule has 1 aromatic rings. The smallest absolute Gasteiger partial charge is 0.302 e. The van der Waals surface area contributed by atoms with Crippen LogP contribution in [0.4, 0.5) is 0 Å². The van der Waals surface area contributed by atoms with Crippen molar-refractivity contribution in [3.63, 3.8) is 0 Å². The third-order valence-corrected chi connectivity index (χ3v) is 3.08. The molecule has 0 amide bonds. The Balaban J connectivity index is 2.37. The van der Waals surface area contributed by atoms with E-state index in [0.29, 0.717) is 0 Å². The van der Waals surface area contributed by atoms with Gasteiger partial charge in [0.1, 0.15) is 6.10 Å². The lowest BCUT2D eigenvalue weighted by atomic mass is 10.1. The topological polar surface area (TPSA) is 26.3 Å². The molecule has 0 fully saturated rings. The molecule has 0 aliphatic carbocycles. The van der Waals surface area contributed by atoms with E-state index in [1.165, 1.54) is 12.5 Å². The molecule has 0 spiro atoms. The maximum Gasteiger partial charge on any atom is 0.302 e. The molecule has 1 rings (SSSR count). The molecule has 1 aromatic carbocycles. The number of carbonyl (C=O) groups is 1. The van der Waals surface area contributed by atoms with Crippen LogP contribution in [0.5, 0.6) is 0 Å². The number of hydrogen-bond donors (Lipinski definition) is 0. The highest BCUT2D eigenvalue weighted by Gasteiger charge is 2.09. The Morgan fingerprint density at radius 2 is 2.07 bits per heavy atom. The number of aryl methyl sites for hydroxylation is 1. The van der Waals surface area contributed by atoms with Gasteiger partial charge in [0.25, 0.3) is 0 Å². The summed E-state index contributed by atoms with van der Waals surface area (Å²) in [5.74, 6) is -0.190. The Kier molecular flexibility index (Phi) is 5.68. The van der Waals surface area contributed by atoms with Gasteiger partial charge in [-0.05, 0) is 18.4 Å². The number of hydrogen-bond acceptors (Lipinski definition) is 2. The standard InChI is InChI=1S/C12H15IO2/c1-10(14)15-12(9-13)8-7-11-5-3-2-4-6-11/h2-6,12H,7-9H2,1H3. The van der Waals surface area contributed by atoms with Gasteiger partial charge in [-0.25, -0.2) is 0 Å². The molecule has 0 saturated carbocycles.